The molecule has 5 nitrogen and oxygen atoms in total. The maximum absolute atomic E-state index is 12.9. The van der Waals surface area contributed by atoms with Gasteiger partial charge >= 0.3 is 0 Å². The SMILES string of the molecule is C/C(N)=C1/NCCN(c2ccc(Cl)cc2)c2cc(C(=O)NSc3ccccc3)ccc21. The fourth-order valence-electron chi connectivity index (χ4n) is 3.51. The van der Waals surface area contributed by atoms with Crippen molar-refractivity contribution in [1.82, 2.24) is 10.0 Å². The van der Waals surface area contributed by atoms with Crippen LogP contribution in [0.1, 0.15) is 22.8 Å². The number of allylic oxidation sites excluding steroid dienone is 1. The molecule has 3 aromatic carbocycles. The first-order valence-electron chi connectivity index (χ1n) is 9.93. The Kier molecular flexibility index (Phi) is 6.39. The normalized spacial score (nSPS) is 14.8. The second-order valence-electron chi connectivity index (χ2n) is 7.19. The van der Waals surface area contributed by atoms with Crippen molar-refractivity contribution in [1.29, 1.82) is 0 Å². The maximum atomic E-state index is 12.9. The molecule has 0 atom stereocenters. The summed E-state index contributed by atoms with van der Waals surface area (Å²) >= 11 is 7.39. The summed E-state index contributed by atoms with van der Waals surface area (Å²) in [6.45, 7) is 3.31. The van der Waals surface area contributed by atoms with Gasteiger partial charge in [0.1, 0.15) is 0 Å². The zero-order chi connectivity index (χ0) is 21.8. The van der Waals surface area contributed by atoms with Crippen LogP contribution in [0, 0.1) is 0 Å². The van der Waals surface area contributed by atoms with Crippen molar-refractivity contribution < 1.29 is 4.79 Å². The van der Waals surface area contributed by atoms with Crippen LogP contribution in [0.5, 0.6) is 0 Å². The summed E-state index contributed by atoms with van der Waals surface area (Å²) in [6.07, 6.45) is 0. The lowest BCUT2D eigenvalue weighted by Crippen LogP contribution is -2.25. The van der Waals surface area contributed by atoms with Gasteiger partial charge in [-0.3, -0.25) is 9.52 Å². The molecule has 31 heavy (non-hydrogen) atoms. The van der Waals surface area contributed by atoms with Crippen molar-refractivity contribution in [2.24, 2.45) is 5.73 Å². The summed E-state index contributed by atoms with van der Waals surface area (Å²) in [5.74, 6) is -0.153. The number of fused-ring (bicyclic) bond motifs is 1. The van der Waals surface area contributed by atoms with Gasteiger partial charge in [0.2, 0.25) is 0 Å². The Hall–Kier alpha value is -3.09. The van der Waals surface area contributed by atoms with E-state index in [-0.39, 0.29) is 5.91 Å². The number of nitrogens with one attached hydrogen (secondary N) is 2. The largest absolute Gasteiger partial charge is 0.401 e. The first-order valence-corrected chi connectivity index (χ1v) is 11.1. The molecule has 0 saturated carbocycles. The molecule has 1 aliphatic heterocycles. The molecule has 7 heteroatoms. The number of anilines is 2. The smallest absolute Gasteiger partial charge is 0.261 e. The molecule has 4 N–H and O–H groups in total. The van der Waals surface area contributed by atoms with Gasteiger partial charge in [-0.1, -0.05) is 29.8 Å². The van der Waals surface area contributed by atoms with Gasteiger partial charge in [0.15, 0.2) is 0 Å². The average molecular weight is 451 g/mol. The molecule has 3 aromatic rings. The van der Waals surface area contributed by atoms with E-state index < -0.39 is 0 Å². The Morgan fingerprint density at radius 1 is 1.10 bits per heavy atom. The third kappa shape index (κ3) is 4.81. The monoisotopic (exact) mass is 450 g/mol. The van der Waals surface area contributed by atoms with Gasteiger partial charge in [0.25, 0.3) is 5.91 Å². The molecule has 0 aliphatic carbocycles. The summed E-state index contributed by atoms with van der Waals surface area (Å²) < 4.78 is 2.92. The highest BCUT2D eigenvalue weighted by molar-refractivity contribution is 7.98. The van der Waals surface area contributed by atoms with E-state index in [1.807, 2.05) is 79.7 Å². The van der Waals surface area contributed by atoms with E-state index >= 15 is 0 Å². The van der Waals surface area contributed by atoms with Gasteiger partial charge in [0.05, 0.1) is 11.4 Å². The lowest BCUT2D eigenvalue weighted by molar-refractivity contribution is 0.0984. The number of hydrogen-bond acceptors (Lipinski definition) is 5. The average Bonchev–Trinajstić information content (AvgIpc) is 2.98. The molecule has 0 saturated heterocycles. The number of rotatable bonds is 4. The van der Waals surface area contributed by atoms with E-state index in [0.717, 1.165) is 34.1 Å². The van der Waals surface area contributed by atoms with E-state index in [9.17, 15) is 4.79 Å². The van der Waals surface area contributed by atoms with Crippen LogP contribution in [0.3, 0.4) is 0 Å². The highest BCUT2D eigenvalue weighted by Gasteiger charge is 2.22. The molecule has 0 bridgehead atoms. The quantitative estimate of drug-likeness (QED) is 0.478. The van der Waals surface area contributed by atoms with Crippen LogP contribution in [0.25, 0.3) is 5.70 Å². The van der Waals surface area contributed by atoms with Crippen molar-refractivity contribution >= 4 is 46.5 Å². The third-order valence-electron chi connectivity index (χ3n) is 4.99. The summed E-state index contributed by atoms with van der Waals surface area (Å²) in [6, 6.07) is 23.1. The zero-order valence-corrected chi connectivity index (χ0v) is 18.6. The number of benzene rings is 3. The van der Waals surface area contributed by atoms with Crippen LogP contribution in [0.2, 0.25) is 5.02 Å². The molecule has 1 amide bonds. The highest BCUT2D eigenvalue weighted by Crippen LogP contribution is 2.35. The Bertz CT molecular complexity index is 1110. The van der Waals surface area contributed by atoms with Crippen molar-refractivity contribution in [3.8, 4) is 0 Å². The Labute approximate surface area is 191 Å². The predicted octanol–water partition coefficient (Wildman–Crippen LogP) is 5.17. The van der Waals surface area contributed by atoms with Crippen molar-refractivity contribution in [2.45, 2.75) is 11.8 Å². The molecule has 0 radical (unpaired) electrons. The first-order chi connectivity index (χ1) is 15.0. The maximum Gasteiger partial charge on any atom is 0.261 e. The molecule has 4 rings (SSSR count). The molecule has 1 aliphatic rings. The Morgan fingerprint density at radius 3 is 2.55 bits per heavy atom. The van der Waals surface area contributed by atoms with E-state index in [2.05, 4.69) is 14.9 Å². The summed E-state index contributed by atoms with van der Waals surface area (Å²) in [5.41, 5.74) is 11.2. The van der Waals surface area contributed by atoms with E-state index in [1.54, 1.807) is 0 Å². The van der Waals surface area contributed by atoms with Gasteiger partial charge < -0.3 is 16.0 Å². The van der Waals surface area contributed by atoms with Crippen molar-refractivity contribution in [3.05, 3.63) is 94.6 Å². The van der Waals surface area contributed by atoms with Crippen molar-refractivity contribution in [3.63, 3.8) is 0 Å². The van der Waals surface area contributed by atoms with Crippen LogP contribution >= 0.6 is 23.5 Å². The summed E-state index contributed by atoms with van der Waals surface area (Å²) in [5, 5.41) is 4.11. The summed E-state index contributed by atoms with van der Waals surface area (Å²) in [7, 11) is 0. The van der Waals surface area contributed by atoms with Crippen LogP contribution in [-0.2, 0) is 0 Å². The number of carbonyl (C=O) groups excluding carboxylic acids is 1. The second kappa shape index (κ2) is 9.37. The fraction of sp³-hybridized carbons (Fsp3) is 0.125. The fourth-order valence-corrected chi connectivity index (χ4v) is 4.26. The molecular formula is C24H23ClN4OS. The molecule has 1 heterocycles. The van der Waals surface area contributed by atoms with Crippen LogP contribution in [0.4, 0.5) is 11.4 Å². The number of halogens is 1. The molecule has 0 unspecified atom stereocenters. The molecule has 158 valence electrons. The lowest BCUT2D eigenvalue weighted by Gasteiger charge is -2.25. The number of amides is 1. The van der Waals surface area contributed by atoms with E-state index in [1.165, 1.54) is 11.9 Å². The van der Waals surface area contributed by atoms with E-state index in [0.29, 0.717) is 22.8 Å². The molecule has 0 spiro atoms. The highest BCUT2D eigenvalue weighted by atomic mass is 35.5. The topological polar surface area (TPSA) is 70.4 Å². The third-order valence-corrected chi connectivity index (χ3v) is 6.04. The number of carbonyl (C=O) groups is 1. The minimum atomic E-state index is -0.153. The molecule has 0 aromatic heterocycles. The Balaban J connectivity index is 1.70. The number of nitrogens with zero attached hydrogens (tertiary/aromatic N) is 1. The van der Waals surface area contributed by atoms with Gasteiger partial charge in [-0.2, -0.15) is 0 Å². The van der Waals surface area contributed by atoms with Gasteiger partial charge in [-0.25, -0.2) is 0 Å². The first kappa shape index (κ1) is 21.2. The minimum absolute atomic E-state index is 0.153. The zero-order valence-electron chi connectivity index (χ0n) is 17.1. The summed E-state index contributed by atoms with van der Waals surface area (Å²) in [4.78, 5) is 16.0. The number of nitrogens with two attached hydrogens (primary N) is 1. The van der Waals surface area contributed by atoms with Crippen LogP contribution in [0.15, 0.2) is 83.4 Å². The van der Waals surface area contributed by atoms with Crippen molar-refractivity contribution in [2.75, 3.05) is 18.0 Å². The van der Waals surface area contributed by atoms with Gasteiger partial charge in [-0.15, -0.1) is 0 Å². The van der Waals surface area contributed by atoms with Crippen LogP contribution < -0.4 is 20.7 Å². The van der Waals surface area contributed by atoms with Gasteiger partial charge in [0, 0.05) is 45.5 Å². The lowest BCUT2D eigenvalue weighted by atomic mass is 10.0. The second-order valence-corrected chi connectivity index (χ2v) is 8.51. The molecular weight excluding hydrogens is 428 g/mol. The minimum Gasteiger partial charge on any atom is -0.401 e. The standard InChI is InChI=1S/C24H23ClN4OS/c1-16(26)23-21-12-7-17(24(30)28-31-20-5-3-2-4-6-20)15-22(21)29(14-13-27-23)19-10-8-18(25)9-11-19/h2-12,15,27H,13-14,26H2,1H3,(H,28,30)/b23-16-. The van der Waals surface area contributed by atoms with E-state index in [4.69, 9.17) is 17.3 Å². The van der Waals surface area contributed by atoms with Gasteiger partial charge in [-0.05, 0) is 73.5 Å². The van der Waals surface area contributed by atoms with Crippen LogP contribution in [-0.4, -0.2) is 19.0 Å². The predicted molar refractivity (Wildman–Crippen MR) is 129 cm³/mol. The molecule has 0 fully saturated rings. The number of hydrogen-bond donors (Lipinski definition) is 3. The Morgan fingerprint density at radius 2 is 1.84 bits per heavy atom.